The minimum atomic E-state index is -4.15. The maximum absolute atomic E-state index is 12.0. The summed E-state index contributed by atoms with van der Waals surface area (Å²) < 4.78 is 59.9. The van der Waals surface area contributed by atoms with E-state index in [1.54, 1.807) is 0 Å². The molecule has 0 atom stereocenters. The van der Waals surface area contributed by atoms with Gasteiger partial charge in [-0.3, -0.25) is 0 Å². The molecule has 0 heterocycles. The lowest BCUT2D eigenvalue weighted by atomic mass is 10.2. The van der Waals surface area contributed by atoms with Crippen molar-refractivity contribution < 1.29 is 22.0 Å². The zero-order chi connectivity index (χ0) is 7.99. The van der Waals surface area contributed by atoms with Gasteiger partial charge in [0.05, 0.1) is 0 Å². The Morgan fingerprint density at radius 1 is 0.900 bits per heavy atom. The Bertz CT molecular complexity index is 125. The fraction of sp³-hybridized carbons (Fsp3) is 1.00. The van der Waals surface area contributed by atoms with Gasteiger partial charge < -0.3 is 0 Å². The molecule has 0 aliphatic heterocycles. The maximum Gasteiger partial charge on any atom is 0.313 e. The standard InChI is InChI=1S/C5H5F5/c6-3-1-4(7,8)5(9,10)2-3/h3H,1-2H2. The molecule has 0 N–H and O–H groups in total. The Morgan fingerprint density at radius 3 is 1.30 bits per heavy atom. The summed E-state index contributed by atoms with van der Waals surface area (Å²) in [4.78, 5) is 0. The second kappa shape index (κ2) is 1.83. The number of rotatable bonds is 0. The molecular formula is C5H5F5. The van der Waals surface area contributed by atoms with E-state index in [2.05, 4.69) is 0 Å². The van der Waals surface area contributed by atoms with Crippen LogP contribution >= 0.6 is 0 Å². The van der Waals surface area contributed by atoms with Gasteiger partial charge in [-0.25, -0.2) is 4.39 Å². The first-order valence-electron chi connectivity index (χ1n) is 2.75. The molecule has 0 saturated heterocycles. The van der Waals surface area contributed by atoms with E-state index in [1.165, 1.54) is 0 Å². The molecule has 0 unspecified atom stereocenters. The Morgan fingerprint density at radius 2 is 1.20 bits per heavy atom. The van der Waals surface area contributed by atoms with Crippen LogP contribution in [0.2, 0.25) is 0 Å². The molecule has 0 aromatic heterocycles. The quantitative estimate of drug-likeness (QED) is 0.477. The predicted octanol–water partition coefficient (Wildman–Crippen LogP) is 2.39. The van der Waals surface area contributed by atoms with Gasteiger partial charge in [-0.2, -0.15) is 17.6 Å². The van der Waals surface area contributed by atoms with Crippen LogP contribution < -0.4 is 0 Å². The summed E-state index contributed by atoms with van der Waals surface area (Å²) in [5.74, 6) is -8.29. The van der Waals surface area contributed by atoms with Crippen molar-refractivity contribution in [3.8, 4) is 0 Å². The summed E-state index contributed by atoms with van der Waals surface area (Å²) >= 11 is 0. The molecule has 5 heteroatoms. The topological polar surface area (TPSA) is 0 Å². The van der Waals surface area contributed by atoms with E-state index >= 15 is 0 Å². The van der Waals surface area contributed by atoms with E-state index in [9.17, 15) is 22.0 Å². The molecule has 0 bridgehead atoms. The van der Waals surface area contributed by atoms with Crippen molar-refractivity contribution in [3.05, 3.63) is 0 Å². The lowest BCUT2D eigenvalue weighted by Gasteiger charge is -2.16. The summed E-state index contributed by atoms with van der Waals surface area (Å²) in [5.41, 5.74) is 0. The normalized spacial score (nSPS) is 30.9. The van der Waals surface area contributed by atoms with Crippen molar-refractivity contribution in [2.75, 3.05) is 0 Å². The van der Waals surface area contributed by atoms with Gasteiger partial charge in [-0.05, 0) is 0 Å². The lowest BCUT2D eigenvalue weighted by Crippen LogP contribution is -2.33. The smallest absolute Gasteiger partial charge is 0.247 e. The Balaban J connectivity index is 2.78. The van der Waals surface area contributed by atoms with E-state index in [-0.39, 0.29) is 0 Å². The largest absolute Gasteiger partial charge is 0.313 e. The highest BCUT2D eigenvalue weighted by atomic mass is 19.3. The lowest BCUT2D eigenvalue weighted by molar-refractivity contribution is -0.185. The van der Waals surface area contributed by atoms with E-state index in [4.69, 9.17) is 0 Å². The van der Waals surface area contributed by atoms with Crippen LogP contribution in [0.5, 0.6) is 0 Å². The summed E-state index contributed by atoms with van der Waals surface area (Å²) in [6.07, 6.45) is -4.76. The molecule has 1 aliphatic rings. The van der Waals surface area contributed by atoms with Crippen molar-refractivity contribution >= 4 is 0 Å². The second-order valence-electron chi connectivity index (χ2n) is 2.41. The minimum absolute atomic E-state index is 1.35. The third-order valence-electron chi connectivity index (χ3n) is 1.49. The van der Waals surface area contributed by atoms with E-state index in [0.717, 1.165) is 0 Å². The maximum atomic E-state index is 12.0. The summed E-state index contributed by atoms with van der Waals surface area (Å²) in [5, 5.41) is 0. The second-order valence-corrected chi connectivity index (χ2v) is 2.41. The first kappa shape index (κ1) is 7.75. The van der Waals surface area contributed by atoms with Crippen LogP contribution in [0.3, 0.4) is 0 Å². The van der Waals surface area contributed by atoms with E-state index in [0.29, 0.717) is 0 Å². The van der Waals surface area contributed by atoms with Gasteiger partial charge >= 0.3 is 11.8 Å². The molecule has 0 aromatic rings. The molecule has 1 rings (SSSR count). The average Bonchev–Trinajstić information content (AvgIpc) is 1.73. The number of alkyl halides is 5. The molecule has 60 valence electrons. The number of halogens is 5. The summed E-state index contributed by atoms with van der Waals surface area (Å²) in [6, 6.07) is 0. The minimum Gasteiger partial charge on any atom is -0.247 e. The first-order valence-corrected chi connectivity index (χ1v) is 2.75. The molecule has 0 aromatic carbocycles. The third kappa shape index (κ3) is 0.973. The molecule has 0 amide bonds. The highest BCUT2D eigenvalue weighted by Crippen LogP contribution is 2.48. The van der Waals surface area contributed by atoms with Crippen LogP contribution in [0.15, 0.2) is 0 Å². The summed E-state index contributed by atoms with van der Waals surface area (Å²) in [6.45, 7) is 0. The van der Waals surface area contributed by atoms with Gasteiger partial charge in [0.15, 0.2) is 0 Å². The SMILES string of the molecule is FC1CC(F)(F)C(F)(F)C1. The van der Waals surface area contributed by atoms with E-state index in [1.807, 2.05) is 0 Å². The fourth-order valence-corrected chi connectivity index (χ4v) is 0.927. The van der Waals surface area contributed by atoms with Crippen molar-refractivity contribution in [2.24, 2.45) is 0 Å². The zero-order valence-electron chi connectivity index (χ0n) is 4.88. The Labute approximate surface area is 54.0 Å². The van der Waals surface area contributed by atoms with Crippen molar-refractivity contribution in [1.82, 2.24) is 0 Å². The molecule has 0 radical (unpaired) electrons. The average molecular weight is 160 g/mol. The molecule has 1 saturated carbocycles. The highest BCUT2D eigenvalue weighted by Gasteiger charge is 2.63. The van der Waals surface area contributed by atoms with Crippen molar-refractivity contribution in [2.45, 2.75) is 30.9 Å². The van der Waals surface area contributed by atoms with Crippen molar-refractivity contribution in [1.29, 1.82) is 0 Å². The molecule has 10 heavy (non-hydrogen) atoms. The highest BCUT2D eigenvalue weighted by molar-refractivity contribution is 4.96. The number of hydrogen-bond acceptors (Lipinski definition) is 0. The van der Waals surface area contributed by atoms with Gasteiger partial charge in [0.1, 0.15) is 6.17 Å². The van der Waals surface area contributed by atoms with Crippen LogP contribution in [0.1, 0.15) is 12.8 Å². The van der Waals surface area contributed by atoms with Crippen LogP contribution in [0, 0.1) is 0 Å². The van der Waals surface area contributed by atoms with Crippen LogP contribution in [0.25, 0.3) is 0 Å². The predicted molar refractivity (Wildman–Crippen MR) is 24.0 cm³/mol. The van der Waals surface area contributed by atoms with Crippen molar-refractivity contribution in [3.63, 3.8) is 0 Å². The molecular weight excluding hydrogens is 155 g/mol. The van der Waals surface area contributed by atoms with Gasteiger partial charge in [0, 0.05) is 12.8 Å². The van der Waals surface area contributed by atoms with Gasteiger partial charge in [-0.15, -0.1) is 0 Å². The number of hydrogen-bond donors (Lipinski definition) is 0. The Hall–Kier alpha value is -0.350. The summed E-state index contributed by atoms with van der Waals surface area (Å²) in [7, 11) is 0. The molecule has 0 spiro atoms. The molecule has 1 aliphatic carbocycles. The molecule has 1 fully saturated rings. The first-order chi connectivity index (χ1) is 4.35. The van der Waals surface area contributed by atoms with Gasteiger partial charge in [0.2, 0.25) is 0 Å². The van der Waals surface area contributed by atoms with E-state index < -0.39 is 30.9 Å². The van der Waals surface area contributed by atoms with Crippen LogP contribution in [-0.4, -0.2) is 18.0 Å². The fourth-order valence-electron chi connectivity index (χ4n) is 0.927. The van der Waals surface area contributed by atoms with Crippen LogP contribution in [-0.2, 0) is 0 Å². The van der Waals surface area contributed by atoms with Gasteiger partial charge in [-0.1, -0.05) is 0 Å². The van der Waals surface area contributed by atoms with Crippen LogP contribution in [0.4, 0.5) is 22.0 Å². The van der Waals surface area contributed by atoms with Gasteiger partial charge in [0.25, 0.3) is 0 Å². The molecule has 0 nitrogen and oxygen atoms in total. The Kier molecular flexibility index (Phi) is 1.42. The third-order valence-corrected chi connectivity index (χ3v) is 1.49. The zero-order valence-corrected chi connectivity index (χ0v) is 4.88. The monoisotopic (exact) mass is 160 g/mol.